The molecule has 4 N–H and O–H groups in total. The summed E-state index contributed by atoms with van der Waals surface area (Å²) in [6.45, 7) is 1.35. The van der Waals surface area contributed by atoms with Crippen LogP contribution >= 0.6 is 11.6 Å². The number of rotatable bonds is 8. The predicted octanol–water partition coefficient (Wildman–Crippen LogP) is 2.97. The molecule has 1 heterocycles. The second-order valence-corrected chi connectivity index (χ2v) is 7.47. The van der Waals surface area contributed by atoms with Gasteiger partial charge in [-0.25, -0.2) is 14.4 Å². The smallest absolute Gasteiger partial charge is 0.342 e. The number of amides is 2. The maximum Gasteiger partial charge on any atom is 0.342 e. The molecule has 11 heteroatoms. The number of benzene rings is 2. The van der Waals surface area contributed by atoms with Gasteiger partial charge < -0.3 is 35.3 Å². The van der Waals surface area contributed by atoms with E-state index in [-0.39, 0.29) is 39.9 Å². The maximum absolute atomic E-state index is 12.8. The number of nitrogen functional groups attached to an aromatic ring is 1. The van der Waals surface area contributed by atoms with Crippen molar-refractivity contribution in [1.29, 1.82) is 0 Å². The number of hydrogen-bond donors (Lipinski definition) is 3. The van der Waals surface area contributed by atoms with E-state index in [1.54, 1.807) is 31.2 Å². The van der Waals surface area contributed by atoms with Crippen molar-refractivity contribution in [3.63, 3.8) is 0 Å². The first-order valence-electron chi connectivity index (χ1n) is 10.2. The molecule has 2 aromatic rings. The van der Waals surface area contributed by atoms with E-state index in [2.05, 4.69) is 10.6 Å². The molecule has 1 aliphatic heterocycles. The maximum atomic E-state index is 12.8. The van der Waals surface area contributed by atoms with Crippen molar-refractivity contribution in [2.75, 3.05) is 33.2 Å². The van der Waals surface area contributed by atoms with Crippen LogP contribution in [0.5, 0.6) is 11.5 Å². The van der Waals surface area contributed by atoms with Crippen molar-refractivity contribution in [3.05, 3.63) is 63.8 Å². The van der Waals surface area contributed by atoms with Crippen LogP contribution in [0.4, 0.5) is 10.5 Å². The summed E-state index contributed by atoms with van der Waals surface area (Å²) in [6.07, 6.45) is 0. The standard InChI is InChI=1S/C23H24ClN3O7/c1-4-33-22(29)19-17(11-34-21(28)14-9-15(24)16(25)10-18(14)32-3)26-23(30)27-20(19)12-5-7-13(31-2)8-6-12/h5-10,20H,4,11,25H2,1-3H3,(H2,26,27,30)/t20-/m0/s1. The zero-order valence-corrected chi connectivity index (χ0v) is 19.5. The molecule has 2 aromatic carbocycles. The third kappa shape index (κ3) is 5.34. The topological polar surface area (TPSA) is 138 Å². The largest absolute Gasteiger partial charge is 0.497 e. The van der Waals surface area contributed by atoms with Gasteiger partial charge >= 0.3 is 18.0 Å². The number of carbonyl (C=O) groups excluding carboxylic acids is 3. The Morgan fingerprint density at radius 1 is 1.06 bits per heavy atom. The van der Waals surface area contributed by atoms with Gasteiger partial charge in [-0.3, -0.25) is 0 Å². The third-order valence-corrected chi connectivity index (χ3v) is 5.31. The Morgan fingerprint density at radius 2 is 1.76 bits per heavy atom. The molecule has 34 heavy (non-hydrogen) atoms. The number of hydrogen-bond acceptors (Lipinski definition) is 8. The van der Waals surface area contributed by atoms with Gasteiger partial charge in [0.15, 0.2) is 0 Å². The van der Waals surface area contributed by atoms with Crippen molar-refractivity contribution in [1.82, 2.24) is 10.6 Å². The lowest BCUT2D eigenvalue weighted by Gasteiger charge is -2.29. The van der Waals surface area contributed by atoms with E-state index >= 15 is 0 Å². The first-order valence-corrected chi connectivity index (χ1v) is 10.6. The molecule has 0 aliphatic carbocycles. The number of nitrogens with two attached hydrogens (primary N) is 1. The zero-order chi connectivity index (χ0) is 24.8. The fourth-order valence-corrected chi connectivity index (χ4v) is 3.50. The normalized spacial score (nSPS) is 15.2. The van der Waals surface area contributed by atoms with Gasteiger partial charge in [0.25, 0.3) is 0 Å². The average Bonchev–Trinajstić information content (AvgIpc) is 2.83. The van der Waals surface area contributed by atoms with E-state index in [4.69, 9.17) is 36.3 Å². The van der Waals surface area contributed by atoms with E-state index in [0.29, 0.717) is 11.3 Å². The van der Waals surface area contributed by atoms with E-state index in [9.17, 15) is 14.4 Å². The first-order chi connectivity index (χ1) is 16.3. The van der Waals surface area contributed by atoms with Gasteiger partial charge in [-0.15, -0.1) is 0 Å². The Morgan fingerprint density at radius 3 is 2.38 bits per heavy atom. The van der Waals surface area contributed by atoms with Crippen LogP contribution < -0.4 is 25.8 Å². The molecule has 3 rings (SSSR count). The lowest BCUT2D eigenvalue weighted by Crippen LogP contribution is -2.47. The van der Waals surface area contributed by atoms with Crippen molar-refractivity contribution in [3.8, 4) is 11.5 Å². The highest BCUT2D eigenvalue weighted by Crippen LogP contribution is 2.31. The van der Waals surface area contributed by atoms with E-state index < -0.39 is 30.6 Å². The molecule has 0 bridgehead atoms. The highest BCUT2D eigenvalue weighted by molar-refractivity contribution is 6.33. The number of carbonyl (C=O) groups is 3. The molecule has 180 valence electrons. The third-order valence-electron chi connectivity index (χ3n) is 4.98. The molecule has 2 amide bonds. The number of anilines is 1. The number of esters is 2. The van der Waals surface area contributed by atoms with Crippen LogP contribution in [0.1, 0.15) is 28.9 Å². The molecule has 0 fully saturated rings. The molecule has 0 saturated carbocycles. The van der Waals surface area contributed by atoms with E-state index in [1.807, 2.05) is 0 Å². The quantitative estimate of drug-likeness (QED) is 0.380. The second-order valence-electron chi connectivity index (χ2n) is 7.07. The van der Waals surface area contributed by atoms with Gasteiger partial charge in [-0.2, -0.15) is 0 Å². The number of halogens is 1. The summed E-state index contributed by atoms with van der Waals surface area (Å²) in [6, 6.07) is 8.11. The minimum Gasteiger partial charge on any atom is -0.497 e. The Hall–Kier alpha value is -3.92. The van der Waals surface area contributed by atoms with Crippen LogP contribution in [0, 0.1) is 0 Å². The van der Waals surface area contributed by atoms with Gasteiger partial charge in [0.05, 0.1) is 48.8 Å². The van der Waals surface area contributed by atoms with Crippen LogP contribution in [-0.2, 0) is 14.3 Å². The van der Waals surface area contributed by atoms with Crippen molar-refractivity contribution >= 4 is 35.3 Å². The zero-order valence-electron chi connectivity index (χ0n) is 18.8. The molecule has 0 aromatic heterocycles. The van der Waals surface area contributed by atoms with Gasteiger partial charge in [-0.1, -0.05) is 23.7 Å². The van der Waals surface area contributed by atoms with Gasteiger partial charge in [0, 0.05) is 6.07 Å². The molecular formula is C23H24ClN3O7. The second kappa shape index (κ2) is 10.8. The molecule has 1 aliphatic rings. The van der Waals surface area contributed by atoms with E-state index in [0.717, 1.165) is 0 Å². The molecule has 0 unspecified atom stereocenters. The lowest BCUT2D eigenvalue weighted by molar-refractivity contribution is -0.139. The van der Waals surface area contributed by atoms with Crippen LogP contribution in [0.3, 0.4) is 0 Å². The summed E-state index contributed by atoms with van der Waals surface area (Å²) in [7, 11) is 2.90. The van der Waals surface area contributed by atoms with Gasteiger partial charge in [0.1, 0.15) is 23.7 Å². The lowest BCUT2D eigenvalue weighted by atomic mass is 9.95. The van der Waals surface area contributed by atoms with Crippen molar-refractivity contribution in [2.24, 2.45) is 0 Å². The summed E-state index contributed by atoms with van der Waals surface area (Å²) in [5.41, 5.74) is 6.81. The summed E-state index contributed by atoms with van der Waals surface area (Å²) >= 11 is 6.03. The van der Waals surface area contributed by atoms with Crippen LogP contribution in [-0.4, -0.2) is 45.4 Å². The van der Waals surface area contributed by atoms with Crippen LogP contribution in [0.25, 0.3) is 0 Å². The summed E-state index contributed by atoms with van der Waals surface area (Å²) < 4.78 is 20.9. The van der Waals surface area contributed by atoms with Crippen molar-refractivity contribution in [2.45, 2.75) is 13.0 Å². The Balaban J connectivity index is 1.95. The predicted molar refractivity (Wildman–Crippen MR) is 124 cm³/mol. The van der Waals surface area contributed by atoms with Crippen LogP contribution in [0.15, 0.2) is 47.7 Å². The Bertz CT molecular complexity index is 1130. The minimum absolute atomic E-state index is 0.0342. The SMILES string of the molecule is CCOC(=O)C1=C(COC(=O)c2cc(Cl)c(N)cc2OC)NC(=O)N[C@H]1c1ccc(OC)cc1. The van der Waals surface area contributed by atoms with Gasteiger partial charge in [0.2, 0.25) is 0 Å². The Kier molecular flexibility index (Phi) is 7.85. The highest BCUT2D eigenvalue weighted by Gasteiger charge is 2.34. The number of urea groups is 1. The first kappa shape index (κ1) is 24.7. The van der Waals surface area contributed by atoms with E-state index in [1.165, 1.54) is 26.4 Å². The number of ether oxygens (including phenoxy) is 4. The number of methoxy groups -OCH3 is 2. The minimum atomic E-state index is -0.840. The summed E-state index contributed by atoms with van der Waals surface area (Å²) in [4.78, 5) is 38.0. The fraction of sp³-hybridized carbons (Fsp3) is 0.261. The monoisotopic (exact) mass is 489 g/mol. The molecule has 0 spiro atoms. The molecule has 1 atom stereocenters. The molecule has 0 saturated heterocycles. The van der Waals surface area contributed by atoms with Crippen LogP contribution in [0.2, 0.25) is 5.02 Å². The average molecular weight is 490 g/mol. The Labute approximate surface area is 200 Å². The summed E-state index contributed by atoms with van der Waals surface area (Å²) in [5.74, 6) is -0.689. The van der Waals surface area contributed by atoms with Crippen molar-refractivity contribution < 1.29 is 33.3 Å². The molecular weight excluding hydrogens is 466 g/mol. The van der Waals surface area contributed by atoms with Gasteiger partial charge in [-0.05, 0) is 30.7 Å². The summed E-state index contributed by atoms with van der Waals surface area (Å²) in [5, 5.41) is 5.38. The highest BCUT2D eigenvalue weighted by atomic mass is 35.5. The molecule has 0 radical (unpaired) electrons. The fourth-order valence-electron chi connectivity index (χ4n) is 3.34. The number of nitrogens with one attached hydrogen (secondary N) is 2. The molecule has 10 nitrogen and oxygen atoms in total.